The predicted molar refractivity (Wildman–Crippen MR) is 29.0 cm³/mol. The van der Waals surface area contributed by atoms with Crippen LogP contribution in [0.5, 0.6) is 0 Å². The molecule has 0 aliphatic rings. The molecule has 0 radical (unpaired) electrons. The number of amides is 1. The van der Waals surface area contributed by atoms with Crippen molar-refractivity contribution in [3.05, 3.63) is 5.41 Å². The molecule has 0 spiro atoms. The van der Waals surface area contributed by atoms with Crippen molar-refractivity contribution in [2.24, 2.45) is 3.60 Å². The molecule has 1 amide bonds. The Morgan fingerprint density at radius 3 is 0.929 bits per heavy atom. The Hall–Kier alpha value is 12.6. The molecule has 0 aromatic heterocycles. The minimum absolute atomic E-state index is 0. The Kier molecular flexibility index (Phi) is 472. The van der Waals surface area contributed by atoms with E-state index in [1.54, 1.807) is 39.4 Å². The first-order valence-corrected chi connectivity index (χ1v) is 16.2. The first kappa shape index (κ1) is 125. The maximum absolute atomic E-state index is 10.0. The summed E-state index contributed by atoms with van der Waals surface area (Å²) in [6.07, 6.45) is 1.48. The van der Waals surface area contributed by atoms with E-state index >= 15 is 0 Å². The normalized spacial score (nSPS) is 3.04. The SMILES string of the molecule is C[C](=[W])C(=[N-])N([C-]=O)[N]=[W].[W].[W].[W].[W].[W].[W].[W].[W].[W].[W].[W].[W].[W].[W].[W].[W].[W]=[W]. The molecule has 4 nitrogen and oxygen atoms in total. The average Bonchev–Trinajstić information content (AvgIpc) is 2.10. The van der Waals surface area contributed by atoms with Gasteiger partial charge >= 0.3 is 113 Å². The molecular formula is C4H3N3OW20-2. The summed E-state index contributed by atoms with van der Waals surface area (Å²) in [5.74, 6) is -0.111. The molecule has 0 aromatic rings. The van der Waals surface area contributed by atoms with E-state index in [1.165, 1.54) is 6.41 Å². The minimum atomic E-state index is -0.111. The molecule has 0 atom stereocenters. The van der Waals surface area contributed by atoms with E-state index < -0.39 is 0 Å². The molecule has 0 saturated heterocycles. The third kappa shape index (κ3) is 90.2. The van der Waals surface area contributed by atoms with Gasteiger partial charge in [0.2, 0.25) is 0 Å². The molecule has 0 aliphatic carbocycles. The van der Waals surface area contributed by atoms with E-state index in [4.69, 9.17) is 5.41 Å². The summed E-state index contributed by atoms with van der Waals surface area (Å²) < 4.78 is 4.24. The van der Waals surface area contributed by atoms with Gasteiger partial charge in [0.1, 0.15) is 0 Å². The molecule has 0 saturated carbocycles. The van der Waals surface area contributed by atoms with Crippen LogP contribution in [0, 0.1) is 0 Å². The molecule has 0 heterocycles. The zero-order chi connectivity index (χ0) is 10.1. The number of rotatable bonds is 3. The average molecular weight is 3790 g/mol. The Morgan fingerprint density at radius 1 is 0.714 bits per heavy atom. The second-order valence-corrected chi connectivity index (χ2v) is 4.15. The van der Waals surface area contributed by atoms with Gasteiger partial charge < -0.3 is 0 Å². The number of hydrogen-bond donors (Lipinski definition) is 0. The summed E-state index contributed by atoms with van der Waals surface area (Å²) in [4.78, 5) is 10.0. The molecule has 162 valence electrons. The number of carbonyl (C=O) groups excluding carboxylic acids is 1. The Balaban J connectivity index is -0.00000000337. The van der Waals surface area contributed by atoms with E-state index in [-0.39, 0.29) is 343 Å². The molecule has 28 heavy (non-hydrogen) atoms. The standard InChI is InChI=1S/C4H3N3O.20W/c1-2-4(5)7(6)3-8;;;;;;;;;;;;;;;;;;;;/h1H3;;;;;;;;;;;;;;;;;;;;/q-2;;;;;;;;;;;;;;;;;;;;. The van der Waals surface area contributed by atoms with Crippen molar-refractivity contribution in [2.45, 2.75) is 6.92 Å². The zero-order valence-electron chi connectivity index (χ0n) is 12.4. The Bertz CT molecular complexity index is 212. The number of nitrogens with zero attached hydrogens (tertiary/aromatic N) is 3. The van der Waals surface area contributed by atoms with Crippen LogP contribution in [0.4, 0.5) is 0 Å². The third-order valence-electron chi connectivity index (χ3n) is 0.684. The monoisotopic (exact) mass is 3790 g/mol. The number of amidine groups is 1. The van der Waals surface area contributed by atoms with Gasteiger partial charge in [-0.3, -0.25) is 0 Å². The van der Waals surface area contributed by atoms with Gasteiger partial charge in [-0.2, -0.15) is 0 Å². The van der Waals surface area contributed by atoms with Crippen molar-refractivity contribution < 1.29 is 413 Å². The summed E-state index contributed by atoms with van der Waals surface area (Å²) in [5, 5.41) is 9.87. The quantitative estimate of drug-likeness (QED) is 0.126. The van der Waals surface area contributed by atoms with Gasteiger partial charge in [-0.05, 0) is 0 Å². The van der Waals surface area contributed by atoms with Gasteiger partial charge in [-0.25, -0.2) is 0 Å². The topological polar surface area (TPSA) is 55.0 Å². The van der Waals surface area contributed by atoms with Gasteiger partial charge in [0.25, 0.3) is 0 Å². The molecule has 0 bridgehead atoms. The van der Waals surface area contributed by atoms with Crippen molar-refractivity contribution in [2.75, 3.05) is 0 Å². The van der Waals surface area contributed by atoms with Crippen LogP contribution in [0.2, 0.25) is 0 Å². The number of hydrogen-bond acceptors (Lipinski definition) is 2. The molecule has 0 N–H and O–H groups in total. The molecular weight excluding hydrogens is 3780 g/mol. The van der Waals surface area contributed by atoms with Crippen LogP contribution in [0.3, 0.4) is 0 Å². The van der Waals surface area contributed by atoms with Crippen LogP contribution in [0.15, 0.2) is 3.60 Å². The first-order valence-electron chi connectivity index (χ1n) is 2.38. The molecule has 0 aliphatic heterocycles. The van der Waals surface area contributed by atoms with E-state index in [9.17, 15) is 4.79 Å². The van der Waals surface area contributed by atoms with Crippen molar-refractivity contribution in [1.29, 1.82) is 0 Å². The van der Waals surface area contributed by atoms with Gasteiger partial charge in [-0.15, -0.1) is 0 Å². The summed E-state index contributed by atoms with van der Waals surface area (Å²) in [7, 11) is 0. The molecule has 0 unspecified atom stereocenters. The van der Waals surface area contributed by atoms with Crippen LogP contribution in [-0.4, -0.2) is 21.2 Å². The van der Waals surface area contributed by atoms with Crippen molar-refractivity contribution in [3.8, 4) is 0 Å². The molecule has 0 fully saturated rings. The fourth-order valence-corrected chi connectivity index (χ4v) is 0.956. The summed E-state index contributed by atoms with van der Waals surface area (Å²) in [5.41, 5.74) is 0. The van der Waals surface area contributed by atoms with Gasteiger partial charge in [0.05, 0.1) is 0 Å². The predicted octanol–water partition coefficient (Wildman–Crippen LogP) is -0.337. The van der Waals surface area contributed by atoms with Crippen LogP contribution >= 0.6 is 0 Å². The van der Waals surface area contributed by atoms with Crippen molar-refractivity contribution in [3.63, 3.8) is 0 Å². The molecule has 0 rings (SSSR count). The molecule has 24 heteroatoms. The van der Waals surface area contributed by atoms with E-state index in [0.29, 0.717) is 3.90 Å². The van der Waals surface area contributed by atoms with Crippen LogP contribution in [0.25, 0.3) is 5.41 Å². The Labute approximate surface area is 438 Å². The summed E-state index contributed by atoms with van der Waals surface area (Å²) >= 11 is 5.28. The van der Waals surface area contributed by atoms with Crippen LogP contribution in [0.1, 0.15) is 6.92 Å². The van der Waals surface area contributed by atoms with Gasteiger partial charge in [-0.1, -0.05) is 0 Å². The third-order valence-corrected chi connectivity index (χ3v) is 1.93. The Morgan fingerprint density at radius 2 is 0.893 bits per heavy atom. The van der Waals surface area contributed by atoms with Gasteiger partial charge in [0.15, 0.2) is 0 Å². The van der Waals surface area contributed by atoms with Crippen LogP contribution in [-0.2, 0) is 413 Å². The fraction of sp³-hybridized carbons (Fsp3) is 0.250. The second-order valence-electron chi connectivity index (χ2n) is 1.36. The summed E-state index contributed by atoms with van der Waals surface area (Å²) in [6, 6.07) is 0. The van der Waals surface area contributed by atoms with E-state index in [1.807, 2.05) is 0 Å². The first-order chi connectivity index (χ1) is 5.63. The van der Waals surface area contributed by atoms with Crippen molar-refractivity contribution in [1.82, 2.24) is 5.01 Å². The van der Waals surface area contributed by atoms with Gasteiger partial charge in [0, 0.05) is 337 Å². The summed E-state index contributed by atoms with van der Waals surface area (Å²) in [6.45, 7) is 1.72. The second kappa shape index (κ2) is 106. The van der Waals surface area contributed by atoms with E-state index in [2.05, 4.69) is 3.60 Å². The zero-order valence-corrected chi connectivity index (χ0v) is 71.1. The van der Waals surface area contributed by atoms with Crippen LogP contribution < -0.4 is 0 Å². The maximum atomic E-state index is 10.0. The fourth-order valence-electron chi connectivity index (χ4n) is 0.248. The van der Waals surface area contributed by atoms with Crippen molar-refractivity contribution >= 4 is 16.1 Å². The van der Waals surface area contributed by atoms with E-state index in [0.717, 1.165) is 44.0 Å². The molecule has 0 aromatic carbocycles.